The molecule has 2 fully saturated rings. The third kappa shape index (κ3) is 2.84. The minimum atomic E-state index is -0.450. The Balaban J connectivity index is 2.01. The van der Waals surface area contributed by atoms with Gasteiger partial charge < -0.3 is 4.74 Å². The number of rotatable bonds is 3. The van der Waals surface area contributed by atoms with Crippen LogP contribution in [0.1, 0.15) is 39.5 Å². The lowest BCUT2D eigenvalue weighted by Crippen LogP contribution is -2.57. The third-order valence-electron chi connectivity index (χ3n) is 4.19. The minimum Gasteiger partial charge on any atom is -0.375 e. The van der Waals surface area contributed by atoms with Crippen molar-refractivity contribution in [3.05, 3.63) is 0 Å². The third-order valence-corrected chi connectivity index (χ3v) is 4.19. The molecule has 104 valence electrons. The summed E-state index contributed by atoms with van der Waals surface area (Å²) in [5.41, 5.74) is 1.82. The van der Waals surface area contributed by atoms with Gasteiger partial charge in [-0.1, -0.05) is 12.8 Å². The van der Waals surface area contributed by atoms with Crippen LogP contribution in [0.3, 0.4) is 0 Å². The van der Waals surface area contributed by atoms with E-state index in [1.165, 1.54) is 19.3 Å². The Morgan fingerprint density at radius 3 is 2.89 bits per heavy atom. The van der Waals surface area contributed by atoms with Gasteiger partial charge in [-0.3, -0.25) is 15.1 Å². The molecule has 1 amide bonds. The molecule has 0 aromatic heterocycles. The highest BCUT2D eigenvalue weighted by Crippen LogP contribution is 2.30. The van der Waals surface area contributed by atoms with Gasteiger partial charge in [0.2, 0.25) is 5.91 Å². The molecular formula is C13H25N3O2. The van der Waals surface area contributed by atoms with Crippen molar-refractivity contribution in [2.45, 2.75) is 51.7 Å². The van der Waals surface area contributed by atoms with E-state index >= 15 is 0 Å². The van der Waals surface area contributed by atoms with E-state index in [2.05, 4.69) is 10.3 Å². The standard InChI is InChI=1S/C13H25N3O2/c1-13(2,12(17)15-14)9-16-7-8-18-11-6-4-3-5-10(11)16/h10-11H,3-9,14H2,1-2H3,(H,15,17). The quantitative estimate of drug-likeness (QED) is 0.441. The summed E-state index contributed by atoms with van der Waals surface area (Å²) in [7, 11) is 0. The zero-order valence-corrected chi connectivity index (χ0v) is 11.4. The van der Waals surface area contributed by atoms with Crippen molar-refractivity contribution >= 4 is 5.91 Å². The molecule has 1 aliphatic carbocycles. The van der Waals surface area contributed by atoms with E-state index in [9.17, 15) is 4.79 Å². The lowest BCUT2D eigenvalue weighted by Gasteiger charge is -2.46. The monoisotopic (exact) mass is 255 g/mol. The summed E-state index contributed by atoms with van der Waals surface area (Å²) in [6, 6.07) is 0.484. The molecule has 1 aliphatic heterocycles. The van der Waals surface area contributed by atoms with Crippen LogP contribution >= 0.6 is 0 Å². The zero-order valence-electron chi connectivity index (χ0n) is 11.4. The van der Waals surface area contributed by atoms with Crippen molar-refractivity contribution in [1.82, 2.24) is 10.3 Å². The maximum absolute atomic E-state index is 11.8. The number of morpholine rings is 1. The van der Waals surface area contributed by atoms with Crippen molar-refractivity contribution in [2.24, 2.45) is 11.3 Å². The van der Waals surface area contributed by atoms with Crippen molar-refractivity contribution in [1.29, 1.82) is 0 Å². The van der Waals surface area contributed by atoms with Crippen LogP contribution in [0.5, 0.6) is 0 Å². The summed E-state index contributed by atoms with van der Waals surface area (Å²) in [4.78, 5) is 14.2. The van der Waals surface area contributed by atoms with E-state index in [-0.39, 0.29) is 5.91 Å². The first-order valence-corrected chi connectivity index (χ1v) is 6.91. The molecule has 0 bridgehead atoms. The summed E-state index contributed by atoms with van der Waals surface area (Å²) >= 11 is 0. The highest BCUT2D eigenvalue weighted by atomic mass is 16.5. The van der Waals surface area contributed by atoms with Crippen LogP contribution in [-0.2, 0) is 9.53 Å². The van der Waals surface area contributed by atoms with Crippen LogP contribution < -0.4 is 11.3 Å². The number of amides is 1. The second-order valence-electron chi connectivity index (χ2n) is 6.09. The van der Waals surface area contributed by atoms with Crippen LogP contribution in [0, 0.1) is 5.41 Å². The van der Waals surface area contributed by atoms with E-state index in [4.69, 9.17) is 10.6 Å². The van der Waals surface area contributed by atoms with Gasteiger partial charge in [-0.25, -0.2) is 5.84 Å². The molecule has 0 aromatic rings. The number of nitrogens with two attached hydrogens (primary N) is 1. The number of hydrazine groups is 1. The van der Waals surface area contributed by atoms with E-state index < -0.39 is 5.41 Å². The Hall–Kier alpha value is -0.650. The molecule has 18 heavy (non-hydrogen) atoms. The van der Waals surface area contributed by atoms with E-state index in [1.807, 2.05) is 13.8 Å². The summed E-state index contributed by atoms with van der Waals surface area (Å²) in [6.45, 7) is 6.34. The molecule has 5 heteroatoms. The first-order chi connectivity index (χ1) is 8.54. The predicted octanol–water partition coefficient (Wildman–Crippen LogP) is 0.646. The molecule has 0 aromatic carbocycles. The SMILES string of the molecule is CC(C)(CN1CCOC2CCCCC21)C(=O)NN. The Bertz CT molecular complexity index is 305. The van der Waals surface area contributed by atoms with Crippen molar-refractivity contribution in [2.75, 3.05) is 19.7 Å². The molecule has 2 unspecified atom stereocenters. The second kappa shape index (κ2) is 5.55. The molecule has 1 saturated heterocycles. The summed E-state index contributed by atoms with van der Waals surface area (Å²) < 4.78 is 5.85. The van der Waals surface area contributed by atoms with Gasteiger partial charge in [0.1, 0.15) is 0 Å². The summed E-state index contributed by atoms with van der Waals surface area (Å²) in [6.07, 6.45) is 5.24. The van der Waals surface area contributed by atoms with E-state index in [0.717, 1.165) is 26.1 Å². The number of carbonyl (C=O) groups excluding carboxylic acids is 1. The predicted molar refractivity (Wildman–Crippen MR) is 69.7 cm³/mol. The van der Waals surface area contributed by atoms with Gasteiger partial charge in [0.05, 0.1) is 18.1 Å². The molecule has 2 rings (SSSR count). The van der Waals surface area contributed by atoms with Gasteiger partial charge in [-0.2, -0.15) is 0 Å². The number of nitrogens with one attached hydrogen (secondary N) is 1. The lowest BCUT2D eigenvalue weighted by molar-refractivity contribution is -0.135. The van der Waals surface area contributed by atoms with Crippen molar-refractivity contribution < 1.29 is 9.53 Å². The molecule has 1 saturated carbocycles. The molecular weight excluding hydrogens is 230 g/mol. The minimum absolute atomic E-state index is 0.0960. The average Bonchev–Trinajstić information content (AvgIpc) is 2.38. The molecule has 3 N–H and O–H groups in total. The van der Waals surface area contributed by atoms with Gasteiger partial charge in [0, 0.05) is 19.1 Å². The maximum atomic E-state index is 11.8. The van der Waals surface area contributed by atoms with Crippen LogP contribution in [0.25, 0.3) is 0 Å². The number of carbonyl (C=O) groups is 1. The fraction of sp³-hybridized carbons (Fsp3) is 0.923. The van der Waals surface area contributed by atoms with Crippen molar-refractivity contribution in [3.63, 3.8) is 0 Å². The van der Waals surface area contributed by atoms with Crippen LogP contribution in [0.4, 0.5) is 0 Å². The number of nitrogens with zero attached hydrogens (tertiary/aromatic N) is 1. The van der Waals surface area contributed by atoms with Crippen LogP contribution in [0.15, 0.2) is 0 Å². The normalized spacial score (nSPS) is 29.7. The first kappa shape index (κ1) is 13.8. The Labute approximate surface area is 109 Å². The van der Waals surface area contributed by atoms with E-state index in [0.29, 0.717) is 12.1 Å². The van der Waals surface area contributed by atoms with Gasteiger partial charge >= 0.3 is 0 Å². The fourth-order valence-corrected chi connectivity index (χ4v) is 3.15. The topological polar surface area (TPSA) is 67.6 Å². The molecule has 2 atom stereocenters. The maximum Gasteiger partial charge on any atom is 0.240 e. The Morgan fingerprint density at radius 1 is 1.44 bits per heavy atom. The van der Waals surface area contributed by atoms with Crippen LogP contribution in [0.2, 0.25) is 0 Å². The fourth-order valence-electron chi connectivity index (χ4n) is 3.15. The number of fused-ring (bicyclic) bond motifs is 1. The number of hydrogen-bond acceptors (Lipinski definition) is 4. The second-order valence-corrected chi connectivity index (χ2v) is 6.09. The average molecular weight is 255 g/mol. The van der Waals surface area contributed by atoms with Gasteiger partial charge in [0.25, 0.3) is 0 Å². The largest absolute Gasteiger partial charge is 0.375 e. The zero-order chi connectivity index (χ0) is 13.2. The number of hydrogen-bond donors (Lipinski definition) is 2. The van der Waals surface area contributed by atoms with E-state index in [1.54, 1.807) is 0 Å². The summed E-state index contributed by atoms with van der Waals surface area (Å²) in [5, 5.41) is 0. The van der Waals surface area contributed by atoms with Gasteiger partial charge in [-0.15, -0.1) is 0 Å². The molecule has 5 nitrogen and oxygen atoms in total. The van der Waals surface area contributed by atoms with Crippen molar-refractivity contribution in [3.8, 4) is 0 Å². The lowest BCUT2D eigenvalue weighted by atomic mass is 9.86. The first-order valence-electron chi connectivity index (χ1n) is 6.91. The summed E-state index contributed by atoms with van der Waals surface area (Å²) in [5.74, 6) is 5.16. The highest BCUT2D eigenvalue weighted by Gasteiger charge is 2.38. The molecule has 0 spiro atoms. The number of ether oxygens (including phenoxy) is 1. The highest BCUT2D eigenvalue weighted by molar-refractivity contribution is 5.81. The van der Waals surface area contributed by atoms with Gasteiger partial charge in [-0.05, 0) is 26.7 Å². The smallest absolute Gasteiger partial charge is 0.240 e. The Morgan fingerprint density at radius 2 is 2.17 bits per heavy atom. The van der Waals surface area contributed by atoms with Gasteiger partial charge in [0.15, 0.2) is 0 Å². The van der Waals surface area contributed by atoms with Crippen LogP contribution in [-0.4, -0.2) is 42.6 Å². The Kier molecular flexibility index (Phi) is 4.25. The molecule has 2 aliphatic rings. The molecule has 1 heterocycles. The molecule has 0 radical (unpaired) electrons.